The molecule has 8 heteroatoms. The Morgan fingerprint density at radius 2 is 1.48 bits per heavy atom. The zero-order valence-electron chi connectivity index (χ0n) is 13.4. The number of carbonyl (C=O) groups excluding carboxylic acids is 3. The SMILES string of the molecule is CCOC(=O)CN.CCOC(=O)CNC(=O)OC(C)(C)C. The molecule has 0 fully saturated rings. The largest absolute Gasteiger partial charge is 0.465 e. The molecule has 0 aliphatic heterocycles. The molecule has 0 unspecified atom stereocenters. The fraction of sp³-hybridized carbons (Fsp3) is 0.769. The first-order valence-electron chi connectivity index (χ1n) is 6.64. The third-order valence-corrected chi connectivity index (χ3v) is 1.55. The second kappa shape index (κ2) is 12.0. The van der Waals surface area contributed by atoms with E-state index in [0.717, 1.165) is 0 Å². The zero-order chi connectivity index (χ0) is 16.9. The molecule has 0 saturated carbocycles. The molecule has 3 N–H and O–H groups in total. The lowest BCUT2D eigenvalue weighted by atomic mass is 10.2. The molecule has 1 amide bonds. The minimum absolute atomic E-state index is 0.0200. The first-order valence-corrected chi connectivity index (χ1v) is 6.64. The van der Waals surface area contributed by atoms with Crippen molar-refractivity contribution in [2.24, 2.45) is 5.73 Å². The van der Waals surface area contributed by atoms with E-state index in [9.17, 15) is 14.4 Å². The molecule has 0 bridgehead atoms. The highest BCUT2D eigenvalue weighted by atomic mass is 16.6. The summed E-state index contributed by atoms with van der Waals surface area (Å²) in [5, 5.41) is 2.29. The molecular formula is C13H26N2O6. The lowest BCUT2D eigenvalue weighted by Gasteiger charge is -2.19. The number of nitrogens with two attached hydrogens (primary N) is 1. The number of alkyl carbamates (subject to hydrolysis) is 1. The fourth-order valence-electron chi connectivity index (χ4n) is 0.890. The molecule has 21 heavy (non-hydrogen) atoms. The monoisotopic (exact) mass is 306 g/mol. The number of esters is 2. The standard InChI is InChI=1S/C9H17NO4.C4H9NO2/c1-5-13-7(11)6-10-8(12)14-9(2,3)4;1-2-7-4(6)3-5/h5-6H2,1-4H3,(H,10,12);2-3,5H2,1H3. The summed E-state index contributed by atoms with van der Waals surface area (Å²) >= 11 is 0. The first kappa shape index (κ1) is 21.5. The van der Waals surface area contributed by atoms with Crippen LogP contribution in [0.15, 0.2) is 0 Å². The fourth-order valence-corrected chi connectivity index (χ4v) is 0.890. The third kappa shape index (κ3) is 18.2. The topological polar surface area (TPSA) is 117 Å². The van der Waals surface area contributed by atoms with Crippen molar-refractivity contribution in [1.82, 2.24) is 5.32 Å². The average Bonchev–Trinajstić information content (AvgIpc) is 2.36. The van der Waals surface area contributed by atoms with E-state index in [1.54, 1.807) is 34.6 Å². The van der Waals surface area contributed by atoms with E-state index in [-0.39, 0.29) is 19.1 Å². The molecule has 8 nitrogen and oxygen atoms in total. The van der Waals surface area contributed by atoms with Crippen molar-refractivity contribution in [3.8, 4) is 0 Å². The number of hydrogen-bond donors (Lipinski definition) is 2. The van der Waals surface area contributed by atoms with E-state index in [2.05, 4.69) is 14.8 Å². The Balaban J connectivity index is 0. The smallest absolute Gasteiger partial charge is 0.408 e. The summed E-state index contributed by atoms with van der Waals surface area (Å²) in [5.41, 5.74) is 4.33. The summed E-state index contributed by atoms with van der Waals surface area (Å²) in [5.74, 6) is -0.819. The maximum atomic E-state index is 11.0. The van der Waals surface area contributed by atoms with Crippen LogP contribution in [0.25, 0.3) is 0 Å². The molecule has 0 rings (SSSR count). The van der Waals surface area contributed by atoms with Crippen LogP contribution in [-0.4, -0.2) is 49.9 Å². The third-order valence-electron chi connectivity index (χ3n) is 1.55. The van der Waals surface area contributed by atoms with Crippen LogP contribution in [0, 0.1) is 0 Å². The highest BCUT2D eigenvalue weighted by Gasteiger charge is 2.16. The van der Waals surface area contributed by atoms with Crippen molar-refractivity contribution >= 4 is 18.0 Å². The first-order chi connectivity index (χ1) is 9.66. The van der Waals surface area contributed by atoms with Gasteiger partial charge in [0.1, 0.15) is 12.1 Å². The molecule has 0 saturated heterocycles. The van der Waals surface area contributed by atoms with Crippen LogP contribution in [-0.2, 0) is 23.8 Å². The lowest BCUT2D eigenvalue weighted by Crippen LogP contribution is -2.36. The van der Waals surface area contributed by atoms with Crippen molar-refractivity contribution < 1.29 is 28.6 Å². The summed E-state index contributed by atoms with van der Waals surface area (Å²) in [6.45, 7) is 9.21. The van der Waals surface area contributed by atoms with E-state index < -0.39 is 17.7 Å². The molecule has 0 spiro atoms. The van der Waals surface area contributed by atoms with Crippen LogP contribution in [0.2, 0.25) is 0 Å². The van der Waals surface area contributed by atoms with Gasteiger partial charge in [0.15, 0.2) is 0 Å². The van der Waals surface area contributed by atoms with Gasteiger partial charge < -0.3 is 25.3 Å². The van der Waals surface area contributed by atoms with Gasteiger partial charge in [-0.15, -0.1) is 0 Å². The Morgan fingerprint density at radius 1 is 1.00 bits per heavy atom. The van der Waals surface area contributed by atoms with Gasteiger partial charge in [0.2, 0.25) is 0 Å². The quantitative estimate of drug-likeness (QED) is 0.563. The molecule has 0 radical (unpaired) electrons. The van der Waals surface area contributed by atoms with Crippen molar-refractivity contribution in [2.75, 3.05) is 26.3 Å². The molecule has 0 aromatic rings. The molecule has 0 aromatic heterocycles. The van der Waals surface area contributed by atoms with Gasteiger partial charge in [-0.25, -0.2) is 4.79 Å². The summed E-state index contributed by atoms with van der Waals surface area (Å²) in [6.07, 6.45) is -0.620. The summed E-state index contributed by atoms with van der Waals surface area (Å²) in [7, 11) is 0. The minimum atomic E-state index is -0.620. The van der Waals surface area contributed by atoms with Gasteiger partial charge in [-0.2, -0.15) is 0 Å². The van der Waals surface area contributed by atoms with Crippen LogP contribution in [0.4, 0.5) is 4.79 Å². The van der Waals surface area contributed by atoms with Crippen molar-refractivity contribution in [3.05, 3.63) is 0 Å². The highest BCUT2D eigenvalue weighted by Crippen LogP contribution is 2.05. The van der Waals surface area contributed by atoms with Crippen LogP contribution < -0.4 is 11.1 Å². The molecule has 0 heterocycles. The van der Waals surface area contributed by atoms with Gasteiger partial charge in [0, 0.05) is 0 Å². The van der Waals surface area contributed by atoms with E-state index in [4.69, 9.17) is 10.5 Å². The number of carbonyl (C=O) groups is 3. The van der Waals surface area contributed by atoms with Gasteiger partial charge in [-0.1, -0.05) is 0 Å². The van der Waals surface area contributed by atoms with E-state index in [1.807, 2.05) is 0 Å². The van der Waals surface area contributed by atoms with E-state index in [1.165, 1.54) is 0 Å². The molecule has 0 atom stereocenters. The Labute approximate surface area is 125 Å². The molecular weight excluding hydrogens is 280 g/mol. The Morgan fingerprint density at radius 3 is 1.81 bits per heavy atom. The van der Waals surface area contributed by atoms with Gasteiger partial charge in [-0.05, 0) is 34.6 Å². The molecule has 124 valence electrons. The zero-order valence-corrected chi connectivity index (χ0v) is 13.4. The van der Waals surface area contributed by atoms with Crippen LogP contribution in [0.5, 0.6) is 0 Å². The van der Waals surface area contributed by atoms with Crippen LogP contribution >= 0.6 is 0 Å². The van der Waals surface area contributed by atoms with Crippen molar-refractivity contribution in [2.45, 2.75) is 40.2 Å². The number of amides is 1. The Bertz CT molecular complexity index is 325. The van der Waals surface area contributed by atoms with Crippen molar-refractivity contribution in [3.63, 3.8) is 0 Å². The summed E-state index contributed by atoms with van der Waals surface area (Å²) < 4.78 is 13.9. The van der Waals surface area contributed by atoms with Crippen molar-refractivity contribution in [1.29, 1.82) is 0 Å². The van der Waals surface area contributed by atoms with Gasteiger partial charge in [0.25, 0.3) is 0 Å². The second-order valence-corrected chi connectivity index (χ2v) is 4.67. The predicted octanol–water partition coefficient (Wildman–Crippen LogP) is 0.582. The summed E-state index contributed by atoms with van der Waals surface area (Å²) in [4.78, 5) is 31.9. The van der Waals surface area contributed by atoms with Crippen LogP contribution in [0.1, 0.15) is 34.6 Å². The van der Waals surface area contributed by atoms with Crippen LogP contribution in [0.3, 0.4) is 0 Å². The second-order valence-electron chi connectivity index (χ2n) is 4.67. The van der Waals surface area contributed by atoms with E-state index >= 15 is 0 Å². The molecule has 0 aliphatic carbocycles. The normalized spacial score (nSPS) is 9.81. The Kier molecular flexibility index (Phi) is 12.2. The molecule has 0 aliphatic rings. The number of ether oxygens (including phenoxy) is 3. The minimum Gasteiger partial charge on any atom is -0.465 e. The van der Waals surface area contributed by atoms with Gasteiger partial charge in [0.05, 0.1) is 19.8 Å². The van der Waals surface area contributed by atoms with Gasteiger partial charge >= 0.3 is 18.0 Å². The number of nitrogens with one attached hydrogen (secondary N) is 1. The van der Waals surface area contributed by atoms with Gasteiger partial charge in [-0.3, -0.25) is 9.59 Å². The highest BCUT2D eigenvalue weighted by molar-refractivity contribution is 5.77. The molecule has 0 aromatic carbocycles. The average molecular weight is 306 g/mol. The maximum absolute atomic E-state index is 11.0. The summed E-state index contributed by atoms with van der Waals surface area (Å²) in [6, 6.07) is 0. The number of hydrogen-bond acceptors (Lipinski definition) is 7. The van der Waals surface area contributed by atoms with E-state index in [0.29, 0.717) is 13.2 Å². The Hall–Kier alpha value is -1.83. The predicted molar refractivity (Wildman–Crippen MR) is 76.6 cm³/mol. The number of rotatable bonds is 5. The lowest BCUT2D eigenvalue weighted by molar-refractivity contribution is -0.142. The maximum Gasteiger partial charge on any atom is 0.408 e.